The molecule has 0 bridgehead atoms. The molecular weight excluding hydrogens is 509 g/mol. The van der Waals surface area contributed by atoms with Crippen LogP contribution in [0.4, 0.5) is 5.69 Å². The van der Waals surface area contributed by atoms with Gasteiger partial charge in [-0.05, 0) is 31.9 Å². The third kappa shape index (κ3) is 6.01. The first-order valence-electron chi connectivity index (χ1n) is 11.1. The van der Waals surface area contributed by atoms with Crippen LogP contribution in [0.5, 0.6) is 5.75 Å². The Morgan fingerprint density at radius 2 is 2.03 bits per heavy atom. The molecule has 2 saturated heterocycles. The third-order valence-corrected chi connectivity index (χ3v) is 5.97. The van der Waals surface area contributed by atoms with Gasteiger partial charge in [0.15, 0.2) is 12.6 Å². The second kappa shape index (κ2) is 11.9. The standard InChI is InChI=1S/C22H33N5O3.HI/c1-2-23-22(26-11-8-18(16-26)25-12-14-29-15-13-25)24-9-5-10-27-19-6-3-4-7-20(19)30-17-21(27)28;/h3-4,6-7,18H,2,5,8-17H2,1H3,(H,23,24);1H. The summed E-state index contributed by atoms with van der Waals surface area (Å²) in [6.07, 6.45) is 1.99. The van der Waals surface area contributed by atoms with Crippen LogP contribution in [0, 0.1) is 0 Å². The number of nitrogens with zero attached hydrogens (tertiary/aromatic N) is 4. The monoisotopic (exact) mass is 543 g/mol. The van der Waals surface area contributed by atoms with E-state index >= 15 is 0 Å². The van der Waals surface area contributed by atoms with Crippen molar-refractivity contribution in [2.75, 3.05) is 70.5 Å². The summed E-state index contributed by atoms with van der Waals surface area (Å²) < 4.78 is 11.0. The molecule has 1 aromatic carbocycles. The van der Waals surface area contributed by atoms with Crippen molar-refractivity contribution < 1.29 is 14.3 Å². The van der Waals surface area contributed by atoms with E-state index in [2.05, 4.69) is 22.0 Å². The van der Waals surface area contributed by atoms with Crippen molar-refractivity contribution in [3.8, 4) is 5.75 Å². The minimum absolute atomic E-state index is 0. The fourth-order valence-electron chi connectivity index (χ4n) is 4.41. The lowest BCUT2D eigenvalue weighted by atomic mass is 10.2. The van der Waals surface area contributed by atoms with E-state index in [-0.39, 0.29) is 36.5 Å². The Hall–Kier alpha value is -1.59. The fraction of sp³-hybridized carbons (Fsp3) is 0.636. The Morgan fingerprint density at radius 1 is 1.23 bits per heavy atom. The number of nitrogens with one attached hydrogen (secondary N) is 1. The third-order valence-electron chi connectivity index (χ3n) is 5.97. The van der Waals surface area contributed by atoms with Gasteiger partial charge in [-0.3, -0.25) is 14.7 Å². The highest BCUT2D eigenvalue weighted by molar-refractivity contribution is 14.0. The summed E-state index contributed by atoms with van der Waals surface area (Å²) in [5, 5.41) is 3.44. The van der Waals surface area contributed by atoms with Gasteiger partial charge in [-0.1, -0.05) is 12.1 Å². The molecule has 3 aliphatic rings. The van der Waals surface area contributed by atoms with Crippen LogP contribution in [0.15, 0.2) is 29.3 Å². The molecule has 0 aromatic heterocycles. The number of carbonyl (C=O) groups is 1. The highest BCUT2D eigenvalue weighted by Crippen LogP contribution is 2.31. The van der Waals surface area contributed by atoms with Crippen LogP contribution in [0.2, 0.25) is 0 Å². The first-order valence-corrected chi connectivity index (χ1v) is 11.1. The molecule has 1 N–H and O–H groups in total. The highest BCUT2D eigenvalue weighted by atomic mass is 127. The van der Waals surface area contributed by atoms with Gasteiger partial charge in [0.05, 0.1) is 18.9 Å². The number of amides is 1. The fourth-order valence-corrected chi connectivity index (χ4v) is 4.41. The number of para-hydroxylation sites is 2. The van der Waals surface area contributed by atoms with Gasteiger partial charge in [0.25, 0.3) is 5.91 Å². The number of fused-ring (bicyclic) bond motifs is 1. The topological polar surface area (TPSA) is 69.6 Å². The summed E-state index contributed by atoms with van der Waals surface area (Å²) in [7, 11) is 0. The van der Waals surface area contributed by atoms with Gasteiger partial charge in [-0.2, -0.15) is 0 Å². The number of rotatable bonds is 6. The van der Waals surface area contributed by atoms with Gasteiger partial charge in [0.1, 0.15) is 5.75 Å². The van der Waals surface area contributed by atoms with Gasteiger partial charge in [-0.25, -0.2) is 0 Å². The summed E-state index contributed by atoms with van der Waals surface area (Å²) in [6, 6.07) is 8.30. The summed E-state index contributed by atoms with van der Waals surface area (Å²) in [6.45, 7) is 10.2. The number of halogens is 1. The first-order chi connectivity index (χ1) is 14.8. The second-order valence-electron chi connectivity index (χ2n) is 7.93. The largest absolute Gasteiger partial charge is 0.482 e. The molecule has 2 fully saturated rings. The molecule has 9 heteroatoms. The van der Waals surface area contributed by atoms with Gasteiger partial charge < -0.3 is 24.6 Å². The number of hydrogen-bond acceptors (Lipinski definition) is 5. The molecule has 0 aliphatic carbocycles. The molecule has 0 radical (unpaired) electrons. The van der Waals surface area contributed by atoms with Crippen LogP contribution < -0.4 is 15.0 Å². The number of morpholine rings is 1. The number of guanidine groups is 1. The molecule has 172 valence electrons. The minimum Gasteiger partial charge on any atom is -0.482 e. The van der Waals surface area contributed by atoms with Crippen molar-refractivity contribution in [1.29, 1.82) is 0 Å². The average molecular weight is 543 g/mol. The molecule has 4 rings (SSSR count). The lowest BCUT2D eigenvalue weighted by Gasteiger charge is -2.32. The predicted octanol–water partition coefficient (Wildman–Crippen LogP) is 1.79. The SMILES string of the molecule is CCNC(=NCCCN1C(=O)COc2ccccc21)N1CCC(N2CCOCC2)C1.I. The van der Waals surface area contributed by atoms with Crippen LogP contribution in [0.3, 0.4) is 0 Å². The van der Waals surface area contributed by atoms with Crippen LogP contribution in [0.25, 0.3) is 0 Å². The Kier molecular flexibility index (Phi) is 9.21. The number of carbonyl (C=O) groups excluding carboxylic acids is 1. The van der Waals surface area contributed by atoms with Gasteiger partial charge in [-0.15, -0.1) is 24.0 Å². The Labute approximate surface area is 202 Å². The van der Waals surface area contributed by atoms with E-state index in [4.69, 9.17) is 14.5 Å². The van der Waals surface area contributed by atoms with Crippen molar-refractivity contribution in [1.82, 2.24) is 15.1 Å². The van der Waals surface area contributed by atoms with Crippen LogP contribution >= 0.6 is 24.0 Å². The zero-order valence-corrected chi connectivity index (χ0v) is 20.6. The van der Waals surface area contributed by atoms with Crippen molar-refractivity contribution in [2.24, 2.45) is 4.99 Å². The Balaban J connectivity index is 0.00000272. The van der Waals surface area contributed by atoms with Crippen LogP contribution in [0.1, 0.15) is 19.8 Å². The van der Waals surface area contributed by atoms with E-state index in [1.807, 2.05) is 29.2 Å². The molecule has 8 nitrogen and oxygen atoms in total. The summed E-state index contributed by atoms with van der Waals surface area (Å²) in [5.74, 6) is 1.78. The molecule has 1 amide bonds. The van der Waals surface area contributed by atoms with Gasteiger partial charge >= 0.3 is 0 Å². The number of hydrogen-bond donors (Lipinski definition) is 1. The van der Waals surface area contributed by atoms with Crippen LogP contribution in [-0.2, 0) is 9.53 Å². The second-order valence-corrected chi connectivity index (χ2v) is 7.93. The lowest BCUT2D eigenvalue weighted by Crippen LogP contribution is -2.46. The molecule has 31 heavy (non-hydrogen) atoms. The number of aliphatic imine (C=N–C) groups is 1. The van der Waals surface area contributed by atoms with E-state index in [1.165, 1.54) is 6.42 Å². The Morgan fingerprint density at radius 3 is 2.84 bits per heavy atom. The van der Waals surface area contributed by atoms with Crippen LogP contribution in [-0.4, -0.2) is 93.3 Å². The maximum atomic E-state index is 12.3. The average Bonchev–Trinajstić information content (AvgIpc) is 3.28. The quantitative estimate of drug-likeness (QED) is 0.256. The minimum atomic E-state index is 0. The molecule has 0 spiro atoms. The maximum Gasteiger partial charge on any atom is 0.265 e. The van der Waals surface area contributed by atoms with Crippen molar-refractivity contribution in [3.63, 3.8) is 0 Å². The smallest absolute Gasteiger partial charge is 0.265 e. The molecule has 1 unspecified atom stereocenters. The predicted molar refractivity (Wildman–Crippen MR) is 133 cm³/mol. The molecule has 1 aromatic rings. The van der Waals surface area contributed by atoms with Gasteiger partial charge in [0.2, 0.25) is 0 Å². The summed E-state index contributed by atoms with van der Waals surface area (Å²) in [5.41, 5.74) is 0.859. The zero-order chi connectivity index (χ0) is 20.8. The van der Waals surface area contributed by atoms with E-state index in [0.717, 1.165) is 69.8 Å². The zero-order valence-electron chi connectivity index (χ0n) is 18.3. The Bertz CT molecular complexity index is 756. The first kappa shape index (κ1) is 24.1. The number of anilines is 1. The number of benzene rings is 1. The summed E-state index contributed by atoms with van der Waals surface area (Å²) in [4.78, 5) is 23.9. The lowest BCUT2D eigenvalue weighted by molar-refractivity contribution is -0.121. The molecule has 3 heterocycles. The van der Waals surface area contributed by atoms with E-state index in [1.54, 1.807) is 0 Å². The highest BCUT2D eigenvalue weighted by Gasteiger charge is 2.30. The number of likely N-dealkylation sites (tertiary alicyclic amines) is 1. The molecule has 0 saturated carbocycles. The molecule has 1 atom stereocenters. The van der Waals surface area contributed by atoms with Crippen molar-refractivity contribution >= 4 is 41.5 Å². The molecule has 3 aliphatic heterocycles. The maximum absolute atomic E-state index is 12.3. The van der Waals surface area contributed by atoms with E-state index < -0.39 is 0 Å². The van der Waals surface area contributed by atoms with Crippen molar-refractivity contribution in [2.45, 2.75) is 25.8 Å². The number of ether oxygens (including phenoxy) is 2. The summed E-state index contributed by atoms with van der Waals surface area (Å²) >= 11 is 0. The van der Waals surface area contributed by atoms with E-state index in [0.29, 0.717) is 19.1 Å². The van der Waals surface area contributed by atoms with Gasteiger partial charge in [0, 0.05) is 51.9 Å². The van der Waals surface area contributed by atoms with Crippen molar-refractivity contribution in [3.05, 3.63) is 24.3 Å². The normalized spacial score (nSPS) is 22.0. The van der Waals surface area contributed by atoms with E-state index in [9.17, 15) is 4.79 Å². The molecular formula is C22H34IN5O3.